The number of aryl methyl sites for hydroxylation is 2. The van der Waals surface area contributed by atoms with Crippen molar-refractivity contribution in [1.82, 2.24) is 0 Å². The van der Waals surface area contributed by atoms with Crippen LogP contribution < -0.4 is 14.8 Å². The number of benzene rings is 2. The predicted octanol–water partition coefficient (Wildman–Crippen LogP) is 4.21. The Kier molecular flexibility index (Phi) is 6.94. The molecule has 0 aliphatic rings. The molecule has 130 valence electrons. The zero-order valence-electron chi connectivity index (χ0n) is 15.0. The minimum Gasteiger partial charge on any atom is -0.491 e. The molecule has 0 spiro atoms. The van der Waals surface area contributed by atoms with E-state index in [9.17, 15) is 0 Å². The Morgan fingerprint density at radius 2 is 1.62 bits per heavy atom. The van der Waals surface area contributed by atoms with Crippen molar-refractivity contribution in [1.29, 1.82) is 0 Å². The van der Waals surface area contributed by atoms with E-state index >= 15 is 0 Å². The average Bonchev–Trinajstić information content (AvgIpc) is 2.58. The Morgan fingerprint density at radius 1 is 0.958 bits per heavy atom. The number of methoxy groups -OCH3 is 1. The maximum atomic E-state index is 6.09. The van der Waals surface area contributed by atoms with Gasteiger partial charge in [-0.05, 0) is 56.2 Å². The molecule has 0 bridgehead atoms. The summed E-state index contributed by atoms with van der Waals surface area (Å²) in [6, 6.07) is 14.1. The quantitative estimate of drug-likeness (QED) is 0.700. The van der Waals surface area contributed by atoms with Gasteiger partial charge >= 0.3 is 0 Å². The average molecular weight is 329 g/mol. The summed E-state index contributed by atoms with van der Waals surface area (Å²) in [5, 5.41) is 3.39. The molecule has 0 saturated heterocycles. The van der Waals surface area contributed by atoms with Crippen LogP contribution in [0.5, 0.6) is 11.5 Å². The van der Waals surface area contributed by atoms with Crippen LogP contribution in [-0.2, 0) is 4.74 Å². The number of para-hydroxylation sites is 1. The molecule has 2 aromatic carbocycles. The lowest BCUT2D eigenvalue weighted by molar-refractivity contribution is 0.146. The van der Waals surface area contributed by atoms with Crippen molar-refractivity contribution >= 4 is 5.69 Å². The van der Waals surface area contributed by atoms with E-state index in [1.54, 1.807) is 7.11 Å². The Labute approximate surface area is 144 Å². The molecule has 2 rings (SSSR count). The molecule has 0 radical (unpaired) electrons. The second-order valence-corrected chi connectivity index (χ2v) is 5.90. The van der Waals surface area contributed by atoms with Crippen molar-refractivity contribution in [3.63, 3.8) is 0 Å². The van der Waals surface area contributed by atoms with Gasteiger partial charge in [0.25, 0.3) is 0 Å². The zero-order valence-corrected chi connectivity index (χ0v) is 15.0. The van der Waals surface area contributed by atoms with Crippen molar-refractivity contribution in [2.75, 3.05) is 32.2 Å². The number of hydrogen-bond donors (Lipinski definition) is 1. The third kappa shape index (κ3) is 5.46. The second-order valence-electron chi connectivity index (χ2n) is 5.90. The lowest BCUT2D eigenvalue weighted by Gasteiger charge is -2.19. The van der Waals surface area contributed by atoms with Gasteiger partial charge < -0.3 is 19.5 Å². The molecule has 0 heterocycles. The maximum absolute atomic E-state index is 6.09. The summed E-state index contributed by atoms with van der Waals surface area (Å²) in [7, 11) is 1.66. The lowest BCUT2D eigenvalue weighted by Crippen LogP contribution is -2.23. The Morgan fingerprint density at radius 3 is 2.25 bits per heavy atom. The highest BCUT2D eigenvalue weighted by atomic mass is 16.5. The van der Waals surface area contributed by atoms with E-state index < -0.39 is 0 Å². The minimum atomic E-state index is 0.0717. The van der Waals surface area contributed by atoms with Gasteiger partial charge in [0, 0.05) is 12.8 Å². The molecule has 0 aromatic heterocycles. The summed E-state index contributed by atoms with van der Waals surface area (Å²) in [4.78, 5) is 0. The summed E-state index contributed by atoms with van der Waals surface area (Å²) >= 11 is 0. The van der Waals surface area contributed by atoms with Gasteiger partial charge in [-0.25, -0.2) is 0 Å². The van der Waals surface area contributed by atoms with Crippen LogP contribution in [-0.4, -0.2) is 33.0 Å². The smallest absolute Gasteiger partial charge is 0.125 e. The number of ether oxygens (including phenoxy) is 3. The molecule has 0 fully saturated rings. The highest BCUT2D eigenvalue weighted by Crippen LogP contribution is 2.23. The van der Waals surface area contributed by atoms with E-state index in [0.29, 0.717) is 13.2 Å². The van der Waals surface area contributed by atoms with E-state index in [0.717, 1.165) is 23.7 Å². The number of anilines is 1. The highest BCUT2D eigenvalue weighted by molar-refractivity contribution is 5.46. The molecule has 1 N–H and O–H groups in total. The van der Waals surface area contributed by atoms with Crippen molar-refractivity contribution in [2.45, 2.75) is 26.9 Å². The number of rotatable bonds is 9. The van der Waals surface area contributed by atoms with Crippen molar-refractivity contribution in [2.24, 2.45) is 0 Å². The fourth-order valence-corrected chi connectivity index (χ4v) is 2.40. The molecule has 1 unspecified atom stereocenters. The van der Waals surface area contributed by atoms with Crippen LogP contribution in [0, 0.1) is 13.8 Å². The molecule has 0 saturated carbocycles. The standard InChI is InChI=1S/C20H27NO3/c1-15-6-5-7-16(2)20(15)24-17(3)14-21-18-8-10-19(11-9-18)23-13-12-22-4/h5-11,17,21H,12-14H2,1-4H3. The Hall–Kier alpha value is -2.20. The number of hydrogen-bond acceptors (Lipinski definition) is 4. The van der Waals surface area contributed by atoms with Crippen molar-refractivity contribution in [3.8, 4) is 11.5 Å². The first-order valence-corrected chi connectivity index (χ1v) is 8.28. The zero-order chi connectivity index (χ0) is 17.4. The van der Waals surface area contributed by atoms with E-state index in [4.69, 9.17) is 14.2 Å². The van der Waals surface area contributed by atoms with Crippen LogP contribution in [0.15, 0.2) is 42.5 Å². The van der Waals surface area contributed by atoms with Gasteiger partial charge in [0.2, 0.25) is 0 Å². The van der Waals surface area contributed by atoms with Crippen LogP contribution >= 0.6 is 0 Å². The van der Waals surface area contributed by atoms with Crippen LogP contribution in [0.2, 0.25) is 0 Å². The molecule has 4 heteroatoms. The third-order valence-electron chi connectivity index (χ3n) is 3.73. The maximum Gasteiger partial charge on any atom is 0.125 e. The first kappa shape index (κ1) is 18.1. The van der Waals surface area contributed by atoms with Gasteiger partial charge in [-0.2, -0.15) is 0 Å². The van der Waals surface area contributed by atoms with E-state index in [1.807, 2.05) is 24.3 Å². The number of nitrogens with one attached hydrogen (secondary N) is 1. The van der Waals surface area contributed by atoms with Gasteiger partial charge in [0.05, 0.1) is 13.2 Å². The van der Waals surface area contributed by atoms with Crippen molar-refractivity contribution < 1.29 is 14.2 Å². The second kappa shape index (κ2) is 9.18. The first-order chi connectivity index (χ1) is 11.6. The fraction of sp³-hybridized carbons (Fsp3) is 0.400. The summed E-state index contributed by atoms with van der Waals surface area (Å²) in [5.74, 6) is 1.83. The largest absolute Gasteiger partial charge is 0.491 e. The third-order valence-corrected chi connectivity index (χ3v) is 3.73. The topological polar surface area (TPSA) is 39.7 Å². The fourth-order valence-electron chi connectivity index (χ4n) is 2.40. The van der Waals surface area contributed by atoms with Gasteiger partial charge in [0.15, 0.2) is 0 Å². The lowest BCUT2D eigenvalue weighted by atomic mass is 10.1. The van der Waals surface area contributed by atoms with E-state index in [2.05, 4.69) is 44.3 Å². The van der Waals surface area contributed by atoms with Crippen molar-refractivity contribution in [3.05, 3.63) is 53.6 Å². The molecule has 0 aliphatic heterocycles. The van der Waals surface area contributed by atoms with Crippen LogP contribution in [0.4, 0.5) is 5.69 Å². The molecular formula is C20H27NO3. The monoisotopic (exact) mass is 329 g/mol. The minimum absolute atomic E-state index is 0.0717. The Balaban J connectivity index is 1.82. The molecular weight excluding hydrogens is 302 g/mol. The summed E-state index contributed by atoms with van der Waals surface area (Å²) in [6.45, 7) is 8.10. The molecule has 1 atom stereocenters. The molecule has 4 nitrogen and oxygen atoms in total. The summed E-state index contributed by atoms with van der Waals surface area (Å²) < 4.78 is 16.6. The Bertz CT molecular complexity index is 605. The van der Waals surface area contributed by atoms with E-state index in [1.165, 1.54) is 11.1 Å². The normalized spacial score (nSPS) is 11.8. The summed E-state index contributed by atoms with van der Waals surface area (Å²) in [6.07, 6.45) is 0.0717. The molecule has 0 aliphatic carbocycles. The first-order valence-electron chi connectivity index (χ1n) is 8.28. The van der Waals surface area contributed by atoms with Gasteiger partial charge in [0.1, 0.15) is 24.2 Å². The van der Waals surface area contributed by atoms with Gasteiger partial charge in [-0.3, -0.25) is 0 Å². The van der Waals surface area contributed by atoms with Crippen LogP contribution in [0.25, 0.3) is 0 Å². The highest BCUT2D eigenvalue weighted by Gasteiger charge is 2.08. The van der Waals surface area contributed by atoms with E-state index in [-0.39, 0.29) is 6.10 Å². The molecule has 2 aromatic rings. The van der Waals surface area contributed by atoms with Crippen LogP contribution in [0.3, 0.4) is 0 Å². The SMILES string of the molecule is COCCOc1ccc(NCC(C)Oc2c(C)cccc2C)cc1. The molecule has 0 amide bonds. The predicted molar refractivity (Wildman–Crippen MR) is 98.3 cm³/mol. The molecule has 24 heavy (non-hydrogen) atoms. The summed E-state index contributed by atoms with van der Waals surface area (Å²) in [5.41, 5.74) is 3.38. The van der Waals surface area contributed by atoms with Crippen LogP contribution in [0.1, 0.15) is 18.1 Å². The van der Waals surface area contributed by atoms with Gasteiger partial charge in [-0.15, -0.1) is 0 Å². The van der Waals surface area contributed by atoms with Gasteiger partial charge in [-0.1, -0.05) is 18.2 Å².